The summed E-state index contributed by atoms with van der Waals surface area (Å²) in [5.41, 5.74) is 5.84. The minimum atomic E-state index is -0.213. The molecule has 0 aliphatic heterocycles. The number of nitrogens with one attached hydrogen (secondary N) is 1. The van der Waals surface area contributed by atoms with Gasteiger partial charge in [-0.05, 0) is 71.8 Å². The SMILES string of the molecule is CCC(C)c1ccc2oc(-c3ccc(Cl)c(NC(=O)c4ccc(C(C)C)cc4)c3)nc2c1. The van der Waals surface area contributed by atoms with Gasteiger partial charge in [-0.2, -0.15) is 0 Å². The molecular formula is C27H27ClN2O2. The summed E-state index contributed by atoms with van der Waals surface area (Å²) in [6, 6.07) is 19.1. The molecule has 1 aromatic heterocycles. The molecule has 4 nitrogen and oxygen atoms in total. The highest BCUT2D eigenvalue weighted by atomic mass is 35.5. The number of rotatable bonds is 6. The van der Waals surface area contributed by atoms with Crippen LogP contribution in [-0.4, -0.2) is 10.9 Å². The summed E-state index contributed by atoms with van der Waals surface area (Å²) < 4.78 is 5.98. The predicted octanol–water partition coefficient (Wildman–Crippen LogP) is 8.04. The number of hydrogen-bond acceptors (Lipinski definition) is 3. The second-order valence-electron chi connectivity index (χ2n) is 8.48. The highest BCUT2D eigenvalue weighted by Gasteiger charge is 2.14. The Morgan fingerprint density at radius 1 is 1.00 bits per heavy atom. The molecule has 164 valence electrons. The van der Waals surface area contributed by atoms with Crippen LogP contribution in [0.5, 0.6) is 0 Å². The van der Waals surface area contributed by atoms with Crippen molar-refractivity contribution in [3.8, 4) is 11.5 Å². The number of fused-ring (bicyclic) bond motifs is 1. The number of halogens is 1. The number of hydrogen-bond donors (Lipinski definition) is 1. The number of benzene rings is 3. The molecule has 4 aromatic rings. The van der Waals surface area contributed by atoms with Gasteiger partial charge in [0.05, 0.1) is 10.7 Å². The number of oxazole rings is 1. The Labute approximate surface area is 193 Å². The van der Waals surface area contributed by atoms with E-state index in [4.69, 9.17) is 16.0 Å². The van der Waals surface area contributed by atoms with E-state index in [0.29, 0.717) is 34.0 Å². The molecule has 5 heteroatoms. The Morgan fingerprint density at radius 3 is 2.41 bits per heavy atom. The van der Waals surface area contributed by atoms with Gasteiger partial charge in [0.25, 0.3) is 5.91 Å². The van der Waals surface area contributed by atoms with Gasteiger partial charge in [0, 0.05) is 11.1 Å². The third kappa shape index (κ3) is 4.56. The maximum Gasteiger partial charge on any atom is 0.255 e. The van der Waals surface area contributed by atoms with Crippen molar-refractivity contribution in [2.45, 2.75) is 46.0 Å². The number of aromatic nitrogens is 1. The summed E-state index contributed by atoms with van der Waals surface area (Å²) in [5.74, 6) is 1.16. The summed E-state index contributed by atoms with van der Waals surface area (Å²) in [6.45, 7) is 8.62. The molecule has 0 saturated heterocycles. The van der Waals surface area contributed by atoms with Gasteiger partial charge in [-0.15, -0.1) is 0 Å². The van der Waals surface area contributed by atoms with Crippen LogP contribution in [0.15, 0.2) is 65.1 Å². The zero-order valence-corrected chi connectivity index (χ0v) is 19.5. The summed E-state index contributed by atoms with van der Waals surface area (Å²) in [7, 11) is 0. The molecule has 1 heterocycles. The van der Waals surface area contributed by atoms with E-state index in [-0.39, 0.29) is 5.91 Å². The van der Waals surface area contributed by atoms with Crippen LogP contribution >= 0.6 is 11.6 Å². The van der Waals surface area contributed by atoms with Crippen molar-refractivity contribution in [2.24, 2.45) is 0 Å². The van der Waals surface area contributed by atoms with Gasteiger partial charge in [0.1, 0.15) is 5.52 Å². The van der Waals surface area contributed by atoms with Crippen molar-refractivity contribution in [3.63, 3.8) is 0 Å². The normalized spacial score (nSPS) is 12.3. The van der Waals surface area contributed by atoms with Gasteiger partial charge in [-0.1, -0.05) is 57.5 Å². The number of carbonyl (C=O) groups is 1. The topological polar surface area (TPSA) is 55.1 Å². The number of amides is 1. The Kier molecular flexibility index (Phi) is 6.33. The minimum Gasteiger partial charge on any atom is -0.436 e. The van der Waals surface area contributed by atoms with Crippen LogP contribution in [0.4, 0.5) is 5.69 Å². The Balaban J connectivity index is 1.60. The number of carbonyl (C=O) groups excluding carboxylic acids is 1. The lowest BCUT2D eigenvalue weighted by Crippen LogP contribution is -2.12. The third-order valence-corrected chi connectivity index (χ3v) is 6.22. The molecule has 1 N–H and O–H groups in total. The van der Waals surface area contributed by atoms with Crippen molar-refractivity contribution in [3.05, 3.63) is 82.4 Å². The Morgan fingerprint density at radius 2 is 1.72 bits per heavy atom. The molecule has 0 fully saturated rings. The molecule has 0 radical (unpaired) electrons. The van der Waals surface area contributed by atoms with E-state index in [9.17, 15) is 4.79 Å². The zero-order valence-electron chi connectivity index (χ0n) is 18.8. The molecule has 4 rings (SSSR count). The van der Waals surface area contributed by atoms with E-state index in [2.05, 4.69) is 50.1 Å². The van der Waals surface area contributed by atoms with Crippen molar-refractivity contribution in [2.75, 3.05) is 5.32 Å². The van der Waals surface area contributed by atoms with Crippen molar-refractivity contribution in [1.29, 1.82) is 0 Å². The van der Waals surface area contributed by atoms with Crippen molar-refractivity contribution in [1.82, 2.24) is 4.98 Å². The summed E-state index contributed by atoms with van der Waals surface area (Å²) >= 11 is 6.37. The number of anilines is 1. The van der Waals surface area contributed by atoms with E-state index < -0.39 is 0 Å². The van der Waals surface area contributed by atoms with Gasteiger partial charge < -0.3 is 9.73 Å². The van der Waals surface area contributed by atoms with Gasteiger partial charge in [0.15, 0.2) is 5.58 Å². The van der Waals surface area contributed by atoms with Crippen molar-refractivity contribution >= 4 is 34.3 Å². The first-order valence-corrected chi connectivity index (χ1v) is 11.3. The van der Waals surface area contributed by atoms with E-state index >= 15 is 0 Å². The first-order chi connectivity index (χ1) is 15.4. The van der Waals surface area contributed by atoms with E-state index in [1.165, 1.54) is 11.1 Å². The summed E-state index contributed by atoms with van der Waals surface area (Å²) in [4.78, 5) is 17.4. The van der Waals surface area contributed by atoms with E-state index in [1.54, 1.807) is 12.1 Å². The molecule has 0 spiro atoms. The van der Waals surface area contributed by atoms with Crippen LogP contribution < -0.4 is 5.32 Å². The molecule has 1 atom stereocenters. The second-order valence-corrected chi connectivity index (χ2v) is 8.89. The lowest BCUT2D eigenvalue weighted by Gasteiger charge is -2.10. The smallest absolute Gasteiger partial charge is 0.255 e. The summed E-state index contributed by atoms with van der Waals surface area (Å²) in [6.07, 6.45) is 1.07. The highest BCUT2D eigenvalue weighted by molar-refractivity contribution is 6.34. The molecule has 32 heavy (non-hydrogen) atoms. The van der Waals surface area contributed by atoms with E-state index in [1.807, 2.05) is 36.4 Å². The standard InChI is InChI=1S/C27H27ClN2O2/c1-5-17(4)20-11-13-25-24(14-20)30-27(32-25)21-10-12-22(28)23(15-21)29-26(31)19-8-6-18(7-9-19)16(2)3/h6-17H,5H2,1-4H3,(H,29,31). The third-order valence-electron chi connectivity index (χ3n) is 5.89. The van der Waals surface area contributed by atoms with Crippen LogP contribution in [-0.2, 0) is 0 Å². The second kappa shape index (κ2) is 9.17. The summed E-state index contributed by atoms with van der Waals surface area (Å²) in [5, 5.41) is 3.37. The van der Waals surface area contributed by atoms with Crippen LogP contribution in [0, 0.1) is 0 Å². The molecule has 3 aromatic carbocycles. The average Bonchev–Trinajstić information content (AvgIpc) is 3.23. The lowest BCUT2D eigenvalue weighted by molar-refractivity contribution is 0.102. The molecule has 0 aliphatic rings. The Bertz CT molecular complexity index is 1260. The van der Waals surface area contributed by atoms with E-state index in [0.717, 1.165) is 23.1 Å². The van der Waals surface area contributed by atoms with Crippen LogP contribution in [0.3, 0.4) is 0 Å². The average molecular weight is 447 g/mol. The monoisotopic (exact) mass is 446 g/mol. The maximum atomic E-state index is 12.8. The van der Waals surface area contributed by atoms with Gasteiger partial charge in [0.2, 0.25) is 5.89 Å². The minimum absolute atomic E-state index is 0.213. The maximum absolute atomic E-state index is 12.8. The van der Waals surface area contributed by atoms with Crippen molar-refractivity contribution < 1.29 is 9.21 Å². The van der Waals surface area contributed by atoms with Gasteiger partial charge in [-0.3, -0.25) is 4.79 Å². The molecular weight excluding hydrogens is 420 g/mol. The van der Waals surface area contributed by atoms with Gasteiger partial charge >= 0.3 is 0 Å². The lowest BCUT2D eigenvalue weighted by atomic mass is 9.98. The zero-order chi connectivity index (χ0) is 22.8. The fourth-order valence-corrected chi connectivity index (χ4v) is 3.74. The Hall–Kier alpha value is -3.11. The molecule has 1 amide bonds. The fraction of sp³-hybridized carbons (Fsp3) is 0.259. The molecule has 1 unspecified atom stereocenters. The van der Waals surface area contributed by atoms with Crippen LogP contribution in [0.2, 0.25) is 5.02 Å². The first kappa shape index (κ1) is 22.1. The first-order valence-electron chi connectivity index (χ1n) is 11.0. The predicted molar refractivity (Wildman–Crippen MR) is 132 cm³/mol. The largest absolute Gasteiger partial charge is 0.436 e. The molecule has 0 aliphatic carbocycles. The molecule has 0 saturated carbocycles. The molecule has 0 bridgehead atoms. The quantitative estimate of drug-likeness (QED) is 0.326. The fourth-order valence-electron chi connectivity index (χ4n) is 3.58. The van der Waals surface area contributed by atoms with Crippen LogP contribution in [0.25, 0.3) is 22.6 Å². The van der Waals surface area contributed by atoms with Gasteiger partial charge in [-0.25, -0.2) is 4.98 Å². The van der Waals surface area contributed by atoms with Crippen LogP contribution in [0.1, 0.15) is 67.4 Å². The highest BCUT2D eigenvalue weighted by Crippen LogP contribution is 2.32. The number of nitrogens with zero attached hydrogens (tertiary/aromatic N) is 1.